The number of hydrogen-bond donors (Lipinski definition) is 0. The van der Waals surface area contributed by atoms with Gasteiger partial charge in [-0.3, -0.25) is 4.99 Å². The number of nitrogens with zero attached hydrogens (tertiary/aromatic N) is 1. The van der Waals surface area contributed by atoms with Crippen molar-refractivity contribution in [1.29, 1.82) is 0 Å². The molecule has 1 nitrogen and oxygen atoms in total. The SMILES string of the molecule is C=NC(C)(C)c1cc(C)cc(C)c1. The molecule has 13 heavy (non-hydrogen) atoms. The van der Waals surface area contributed by atoms with Gasteiger partial charge < -0.3 is 0 Å². The van der Waals surface area contributed by atoms with Gasteiger partial charge in [0.15, 0.2) is 0 Å². The van der Waals surface area contributed by atoms with Crippen molar-refractivity contribution in [2.75, 3.05) is 0 Å². The normalized spacial score (nSPS) is 11.4. The highest BCUT2D eigenvalue weighted by Crippen LogP contribution is 2.25. The highest BCUT2D eigenvalue weighted by Gasteiger charge is 2.17. The molecule has 1 rings (SSSR count). The van der Waals surface area contributed by atoms with Gasteiger partial charge in [0.2, 0.25) is 0 Å². The van der Waals surface area contributed by atoms with E-state index in [0.717, 1.165) is 0 Å². The molecule has 0 atom stereocenters. The Morgan fingerprint density at radius 3 is 1.92 bits per heavy atom. The van der Waals surface area contributed by atoms with Crippen LogP contribution in [0.25, 0.3) is 0 Å². The number of aryl methyl sites for hydroxylation is 2. The molecule has 0 saturated carbocycles. The number of rotatable bonds is 2. The lowest BCUT2D eigenvalue weighted by Gasteiger charge is -2.20. The molecule has 70 valence electrons. The molecule has 0 saturated heterocycles. The third kappa shape index (κ3) is 2.18. The molecular formula is C12H17N. The average Bonchev–Trinajstić information content (AvgIpc) is 2.02. The van der Waals surface area contributed by atoms with Crippen molar-refractivity contribution in [3.05, 3.63) is 34.9 Å². The summed E-state index contributed by atoms with van der Waals surface area (Å²) in [7, 11) is 0. The van der Waals surface area contributed by atoms with E-state index in [-0.39, 0.29) is 5.54 Å². The van der Waals surface area contributed by atoms with E-state index < -0.39 is 0 Å². The van der Waals surface area contributed by atoms with Crippen molar-refractivity contribution < 1.29 is 0 Å². The molecule has 0 bridgehead atoms. The summed E-state index contributed by atoms with van der Waals surface area (Å²) in [5.41, 5.74) is 3.63. The molecule has 0 heterocycles. The predicted octanol–water partition coefficient (Wildman–Crippen LogP) is 3.24. The average molecular weight is 175 g/mol. The Bertz CT molecular complexity index is 304. The van der Waals surface area contributed by atoms with E-state index in [1.54, 1.807) is 0 Å². The fourth-order valence-corrected chi connectivity index (χ4v) is 1.42. The summed E-state index contributed by atoms with van der Waals surface area (Å²) in [5.74, 6) is 0. The van der Waals surface area contributed by atoms with Crippen LogP contribution in [0.4, 0.5) is 0 Å². The predicted molar refractivity (Wildman–Crippen MR) is 58.5 cm³/mol. The van der Waals surface area contributed by atoms with Gasteiger partial charge in [0.05, 0.1) is 5.54 Å². The Balaban J connectivity index is 3.22. The van der Waals surface area contributed by atoms with Crippen LogP contribution >= 0.6 is 0 Å². The third-order valence-electron chi connectivity index (χ3n) is 2.32. The molecule has 0 aliphatic carbocycles. The molecular weight excluding hydrogens is 158 g/mol. The Labute approximate surface area is 80.5 Å². The minimum absolute atomic E-state index is 0.170. The smallest absolute Gasteiger partial charge is 0.0793 e. The molecule has 0 amide bonds. The second-order valence-corrected chi connectivity index (χ2v) is 4.09. The van der Waals surface area contributed by atoms with E-state index >= 15 is 0 Å². The maximum atomic E-state index is 4.12. The van der Waals surface area contributed by atoms with Gasteiger partial charge in [0.25, 0.3) is 0 Å². The summed E-state index contributed by atoms with van der Waals surface area (Å²) >= 11 is 0. The van der Waals surface area contributed by atoms with E-state index in [4.69, 9.17) is 0 Å². The largest absolute Gasteiger partial charge is 0.290 e. The summed E-state index contributed by atoms with van der Waals surface area (Å²) in [4.78, 5) is 4.12. The first-order valence-electron chi connectivity index (χ1n) is 4.52. The lowest BCUT2D eigenvalue weighted by molar-refractivity contribution is 0.562. The van der Waals surface area contributed by atoms with E-state index in [9.17, 15) is 0 Å². The second-order valence-electron chi connectivity index (χ2n) is 4.09. The Kier molecular flexibility index (Phi) is 2.55. The van der Waals surface area contributed by atoms with Gasteiger partial charge in [0.1, 0.15) is 0 Å². The Morgan fingerprint density at radius 1 is 1.08 bits per heavy atom. The summed E-state index contributed by atoms with van der Waals surface area (Å²) in [6, 6.07) is 6.51. The minimum Gasteiger partial charge on any atom is -0.290 e. The fraction of sp³-hybridized carbons (Fsp3) is 0.417. The van der Waals surface area contributed by atoms with Crippen LogP contribution in [0.5, 0.6) is 0 Å². The van der Waals surface area contributed by atoms with Gasteiger partial charge in [-0.25, -0.2) is 0 Å². The van der Waals surface area contributed by atoms with E-state index in [1.165, 1.54) is 16.7 Å². The third-order valence-corrected chi connectivity index (χ3v) is 2.32. The first-order chi connectivity index (χ1) is 5.95. The van der Waals surface area contributed by atoms with Crippen molar-refractivity contribution in [3.8, 4) is 0 Å². The minimum atomic E-state index is -0.170. The van der Waals surface area contributed by atoms with Gasteiger partial charge in [-0.15, -0.1) is 0 Å². The van der Waals surface area contributed by atoms with Crippen LogP contribution in [0.2, 0.25) is 0 Å². The topological polar surface area (TPSA) is 12.4 Å². The lowest BCUT2D eigenvalue weighted by Crippen LogP contribution is -2.13. The first-order valence-corrected chi connectivity index (χ1v) is 4.52. The summed E-state index contributed by atoms with van der Waals surface area (Å²) in [6.45, 7) is 12.0. The standard InChI is InChI=1S/C12H17N/c1-9-6-10(2)8-11(7-9)12(3,4)13-5/h6-8H,5H2,1-4H3. The molecule has 0 aliphatic rings. The van der Waals surface area contributed by atoms with Gasteiger partial charge in [0, 0.05) is 0 Å². The maximum absolute atomic E-state index is 4.12. The molecule has 1 aromatic rings. The van der Waals surface area contributed by atoms with Crippen molar-refractivity contribution in [3.63, 3.8) is 0 Å². The summed E-state index contributed by atoms with van der Waals surface area (Å²) < 4.78 is 0. The number of benzene rings is 1. The zero-order valence-electron chi connectivity index (χ0n) is 8.89. The van der Waals surface area contributed by atoms with Gasteiger partial charge in [-0.1, -0.05) is 29.3 Å². The van der Waals surface area contributed by atoms with Crippen molar-refractivity contribution in [1.82, 2.24) is 0 Å². The van der Waals surface area contributed by atoms with E-state index in [0.29, 0.717) is 0 Å². The second kappa shape index (κ2) is 3.33. The Hall–Kier alpha value is -1.11. The molecule has 0 unspecified atom stereocenters. The molecule has 0 spiro atoms. The van der Waals surface area contributed by atoms with Crippen molar-refractivity contribution in [2.45, 2.75) is 33.2 Å². The van der Waals surface area contributed by atoms with Crippen LogP contribution < -0.4 is 0 Å². The maximum Gasteiger partial charge on any atom is 0.0793 e. The number of hydrogen-bond acceptors (Lipinski definition) is 1. The quantitative estimate of drug-likeness (QED) is 0.612. The van der Waals surface area contributed by atoms with Crippen LogP contribution in [0, 0.1) is 13.8 Å². The van der Waals surface area contributed by atoms with Gasteiger partial charge in [-0.2, -0.15) is 0 Å². The molecule has 0 fully saturated rings. The van der Waals surface area contributed by atoms with Crippen LogP contribution in [-0.4, -0.2) is 6.72 Å². The van der Waals surface area contributed by atoms with Crippen LogP contribution in [0.3, 0.4) is 0 Å². The van der Waals surface area contributed by atoms with Crippen LogP contribution in [-0.2, 0) is 5.54 Å². The first kappa shape index (κ1) is 9.97. The molecule has 0 aromatic heterocycles. The van der Waals surface area contributed by atoms with Gasteiger partial charge >= 0.3 is 0 Å². The fourth-order valence-electron chi connectivity index (χ4n) is 1.42. The summed E-state index contributed by atoms with van der Waals surface area (Å²) in [5, 5.41) is 0. The number of aliphatic imine (C=N–C) groups is 1. The van der Waals surface area contributed by atoms with Crippen LogP contribution in [0.15, 0.2) is 23.2 Å². The zero-order chi connectivity index (χ0) is 10.1. The molecule has 1 heteroatoms. The molecule has 0 N–H and O–H groups in total. The van der Waals surface area contributed by atoms with E-state index in [2.05, 4.69) is 57.6 Å². The monoisotopic (exact) mass is 175 g/mol. The molecule has 0 aliphatic heterocycles. The molecule has 0 radical (unpaired) electrons. The highest BCUT2D eigenvalue weighted by atomic mass is 14.8. The lowest BCUT2D eigenvalue weighted by atomic mass is 9.92. The molecule has 1 aromatic carbocycles. The van der Waals surface area contributed by atoms with Gasteiger partial charge in [-0.05, 0) is 40.0 Å². The summed E-state index contributed by atoms with van der Waals surface area (Å²) in [6.07, 6.45) is 0. The van der Waals surface area contributed by atoms with E-state index in [1.807, 2.05) is 0 Å². The Morgan fingerprint density at radius 2 is 1.54 bits per heavy atom. The van der Waals surface area contributed by atoms with Crippen molar-refractivity contribution >= 4 is 6.72 Å². The van der Waals surface area contributed by atoms with Crippen molar-refractivity contribution in [2.24, 2.45) is 4.99 Å². The highest BCUT2D eigenvalue weighted by molar-refractivity contribution is 5.36. The zero-order valence-corrected chi connectivity index (χ0v) is 8.89. The van der Waals surface area contributed by atoms with Crippen LogP contribution in [0.1, 0.15) is 30.5 Å².